The molecule has 0 spiro atoms. The molecule has 3 heterocycles. The molecular weight excluding hydrogens is 582 g/mol. The Labute approximate surface area is 268 Å². The highest BCUT2D eigenvalue weighted by Crippen LogP contribution is 2.43. The first-order valence-corrected chi connectivity index (χ1v) is 16.1. The summed E-state index contributed by atoms with van der Waals surface area (Å²) < 4.78 is 10.9. The second-order valence-electron chi connectivity index (χ2n) is 11.8. The molecule has 4 aromatic carbocycles. The number of benzene rings is 4. The lowest BCUT2D eigenvalue weighted by molar-refractivity contribution is -0.114. The number of ether oxygens (including phenoxy) is 2. The minimum atomic E-state index is -0.0154. The van der Waals surface area contributed by atoms with Gasteiger partial charge in [0.2, 0.25) is 6.79 Å². The topological polar surface area (TPSA) is 62.3 Å². The third-order valence-electron chi connectivity index (χ3n) is 8.62. The third kappa shape index (κ3) is 6.21. The van der Waals surface area contributed by atoms with Crippen LogP contribution in [0, 0.1) is 13.8 Å². The van der Waals surface area contributed by atoms with E-state index in [1.807, 2.05) is 70.5 Å². The van der Waals surface area contributed by atoms with Gasteiger partial charge < -0.3 is 19.3 Å². The Kier molecular flexibility index (Phi) is 8.08. The minimum absolute atomic E-state index is 0.0154. The van der Waals surface area contributed by atoms with Gasteiger partial charge in [-0.3, -0.25) is 14.5 Å². The SMILES string of the molecule is Cc1ccc(C)c(CN2C(=O)C(=Cc3ccc(C(=O)N4CCN(Cc5ccc6c(c5)OCO6)CC4)cc3)Sc3ccccc32)c1. The molecule has 45 heavy (non-hydrogen) atoms. The molecule has 0 aliphatic carbocycles. The number of hydrogen-bond acceptors (Lipinski definition) is 6. The number of carbonyl (C=O) groups excluding carboxylic acids is 2. The maximum atomic E-state index is 13.8. The van der Waals surface area contributed by atoms with Gasteiger partial charge in [0.05, 0.1) is 17.1 Å². The largest absolute Gasteiger partial charge is 0.454 e. The Morgan fingerprint density at radius 3 is 2.44 bits per heavy atom. The van der Waals surface area contributed by atoms with Crippen LogP contribution in [0.5, 0.6) is 11.5 Å². The molecule has 0 N–H and O–H groups in total. The second kappa shape index (κ2) is 12.5. The molecular formula is C37H35N3O4S. The number of thioether (sulfide) groups is 1. The summed E-state index contributed by atoms with van der Waals surface area (Å²) in [6.45, 7) is 8.73. The van der Waals surface area contributed by atoms with Crippen molar-refractivity contribution in [3.63, 3.8) is 0 Å². The van der Waals surface area contributed by atoms with Crippen LogP contribution in [-0.4, -0.2) is 54.6 Å². The van der Waals surface area contributed by atoms with Crippen molar-refractivity contribution in [1.82, 2.24) is 9.80 Å². The fourth-order valence-corrected chi connectivity index (χ4v) is 7.08. The van der Waals surface area contributed by atoms with Crippen LogP contribution in [-0.2, 0) is 17.9 Å². The zero-order valence-electron chi connectivity index (χ0n) is 25.5. The summed E-state index contributed by atoms with van der Waals surface area (Å²) in [5.41, 5.74) is 7.14. The lowest BCUT2D eigenvalue weighted by Gasteiger charge is -2.34. The van der Waals surface area contributed by atoms with Crippen LogP contribution in [0.25, 0.3) is 6.08 Å². The maximum absolute atomic E-state index is 13.8. The van der Waals surface area contributed by atoms with Crippen molar-refractivity contribution in [2.75, 3.05) is 37.9 Å². The smallest absolute Gasteiger partial charge is 0.265 e. The molecule has 1 fully saturated rings. The predicted octanol–water partition coefficient (Wildman–Crippen LogP) is 6.67. The first-order valence-electron chi connectivity index (χ1n) is 15.3. The fourth-order valence-electron chi connectivity index (χ4n) is 6.02. The molecule has 0 atom stereocenters. The zero-order valence-corrected chi connectivity index (χ0v) is 26.3. The van der Waals surface area contributed by atoms with Gasteiger partial charge in [-0.15, -0.1) is 0 Å². The lowest BCUT2D eigenvalue weighted by Crippen LogP contribution is -2.48. The van der Waals surface area contributed by atoms with Crippen molar-refractivity contribution in [1.29, 1.82) is 0 Å². The van der Waals surface area contributed by atoms with Crippen LogP contribution < -0.4 is 14.4 Å². The van der Waals surface area contributed by atoms with E-state index in [2.05, 4.69) is 49.1 Å². The number of piperazine rings is 1. The van der Waals surface area contributed by atoms with Gasteiger partial charge in [-0.2, -0.15) is 0 Å². The Morgan fingerprint density at radius 2 is 1.62 bits per heavy atom. The van der Waals surface area contributed by atoms with Crippen molar-refractivity contribution in [3.05, 3.63) is 123 Å². The summed E-state index contributed by atoms with van der Waals surface area (Å²) in [5.74, 6) is 1.61. The molecule has 7 rings (SSSR count). The van der Waals surface area contributed by atoms with E-state index in [-0.39, 0.29) is 18.6 Å². The molecule has 0 radical (unpaired) electrons. The minimum Gasteiger partial charge on any atom is -0.454 e. The van der Waals surface area contributed by atoms with Crippen molar-refractivity contribution < 1.29 is 19.1 Å². The number of rotatable bonds is 6. The van der Waals surface area contributed by atoms with Crippen molar-refractivity contribution in [3.8, 4) is 11.5 Å². The highest BCUT2D eigenvalue weighted by Gasteiger charge is 2.29. The number of carbonyl (C=O) groups is 2. The summed E-state index contributed by atoms with van der Waals surface area (Å²) in [5, 5.41) is 0. The number of amides is 2. The first kappa shape index (κ1) is 29.2. The molecule has 4 aromatic rings. The Morgan fingerprint density at radius 1 is 0.844 bits per heavy atom. The standard InChI is InChI=1S/C37H35N3O4S/c1-25-7-8-26(2)30(19-25)23-40-31-5-3-4-6-34(31)45-35(37(40)42)21-27-9-12-29(13-10-27)36(41)39-17-15-38(16-18-39)22-28-11-14-32-33(20-28)44-24-43-32/h3-14,19-21H,15-18,22-24H2,1-2H3. The molecule has 0 bridgehead atoms. The number of para-hydroxylation sites is 1. The molecule has 8 heteroatoms. The summed E-state index contributed by atoms with van der Waals surface area (Å²) in [6.07, 6.45) is 1.93. The van der Waals surface area contributed by atoms with E-state index in [9.17, 15) is 9.59 Å². The molecule has 3 aliphatic rings. The number of hydrogen-bond donors (Lipinski definition) is 0. The fraction of sp³-hybridized carbons (Fsp3) is 0.243. The van der Waals surface area contributed by atoms with E-state index in [0.717, 1.165) is 52.8 Å². The van der Waals surface area contributed by atoms with Crippen molar-refractivity contribution >= 4 is 35.3 Å². The number of anilines is 1. The Hall–Kier alpha value is -4.53. The van der Waals surface area contributed by atoms with Crippen LogP contribution in [0.4, 0.5) is 5.69 Å². The van der Waals surface area contributed by atoms with Gasteiger partial charge in [-0.05, 0) is 78.6 Å². The van der Waals surface area contributed by atoms with Gasteiger partial charge in [0.1, 0.15) is 0 Å². The van der Waals surface area contributed by atoms with E-state index in [1.165, 1.54) is 28.5 Å². The molecule has 1 saturated heterocycles. The van der Waals surface area contributed by atoms with Crippen LogP contribution in [0.1, 0.15) is 38.2 Å². The average Bonchev–Trinajstić information content (AvgIpc) is 3.53. The van der Waals surface area contributed by atoms with Gasteiger partial charge in [0.25, 0.3) is 11.8 Å². The lowest BCUT2D eigenvalue weighted by atomic mass is 10.0. The molecule has 228 valence electrons. The predicted molar refractivity (Wildman–Crippen MR) is 178 cm³/mol. The molecule has 2 amide bonds. The molecule has 3 aliphatic heterocycles. The van der Waals surface area contributed by atoms with Gasteiger partial charge >= 0.3 is 0 Å². The summed E-state index contributed by atoms with van der Waals surface area (Å²) in [6, 6.07) is 28.1. The highest BCUT2D eigenvalue weighted by molar-refractivity contribution is 8.04. The van der Waals surface area contributed by atoms with Gasteiger partial charge in [0.15, 0.2) is 11.5 Å². The van der Waals surface area contributed by atoms with Crippen LogP contribution in [0.15, 0.2) is 94.7 Å². The molecule has 7 nitrogen and oxygen atoms in total. The van der Waals surface area contributed by atoms with Crippen LogP contribution >= 0.6 is 11.8 Å². The number of nitrogens with zero attached hydrogens (tertiary/aromatic N) is 3. The Balaban J connectivity index is 1.01. The maximum Gasteiger partial charge on any atom is 0.265 e. The second-order valence-corrected chi connectivity index (χ2v) is 12.9. The van der Waals surface area contributed by atoms with Crippen molar-refractivity contribution in [2.45, 2.75) is 31.8 Å². The molecule has 0 unspecified atom stereocenters. The highest BCUT2D eigenvalue weighted by atomic mass is 32.2. The third-order valence-corrected chi connectivity index (χ3v) is 9.70. The van der Waals surface area contributed by atoms with Crippen LogP contribution in [0.2, 0.25) is 0 Å². The monoisotopic (exact) mass is 617 g/mol. The van der Waals surface area contributed by atoms with E-state index in [0.29, 0.717) is 30.1 Å². The van der Waals surface area contributed by atoms with Gasteiger partial charge in [-0.1, -0.05) is 65.9 Å². The summed E-state index contributed by atoms with van der Waals surface area (Å²) in [7, 11) is 0. The molecule has 0 saturated carbocycles. The first-order chi connectivity index (χ1) is 21.9. The zero-order chi connectivity index (χ0) is 30.9. The molecule has 0 aromatic heterocycles. The van der Waals surface area contributed by atoms with Crippen LogP contribution in [0.3, 0.4) is 0 Å². The average molecular weight is 618 g/mol. The number of aryl methyl sites for hydroxylation is 2. The van der Waals surface area contributed by atoms with E-state index in [4.69, 9.17) is 9.47 Å². The van der Waals surface area contributed by atoms with E-state index < -0.39 is 0 Å². The Bertz CT molecular complexity index is 1790. The van der Waals surface area contributed by atoms with Gasteiger partial charge in [-0.25, -0.2) is 0 Å². The van der Waals surface area contributed by atoms with Gasteiger partial charge in [0, 0.05) is 43.2 Å². The quantitative estimate of drug-likeness (QED) is 0.225. The van der Waals surface area contributed by atoms with Crippen molar-refractivity contribution in [2.24, 2.45) is 0 Å². The summed E-state index contributed by atoms with van der Waals surface area (Å²) >= 11 is 1.50. The number of fused-ring (bicyclic) bond motifs is 2. The normalized spacial score (nSPS) is 17.1. The van der Waals surface area contributed by atoms with E-state index in [1.54, 1.807) is 0 Å². The van der Waals surface area contributed by atoms with E-state index >= 15 is 0 Å². The summed E-state index contributed by atoms with van der Waals surface area (Å²) in [4.78, 5) is 35.1.